The highest BCUT2D eigenvalue weighted by atomic mass is 15.4. The van der Waals surface area contributed by atoms with Gasteiger partial charge in [0.2, 0.25) is 0 Å². The maximum absolute atomic E-state index is 5.56. The highest BCUT2D eigenvalue weighted by Gasteiger charge is 2.18. The maximum atomic E-state index is 5.56. The van der Waals surface area contributed by atoms with Gasteiger partial charge in [0.15, 0.2) is 0 Å². The van der Waals surface area contributed by atoms with Crippen molar-refractivity contribution in [2.45, 2.75) is 6.42 Å². The van der Waals surface area contributed by atoms with Crippen molar-refractivity contribution in [2.75, 3.05) is 26.7 Å². The number of hydrogen-bond acceptors (Lipinski definition) is 3. The van der Waals surface area contributed by atoms with Crippen LogP contribution >= 0.6 is 0 Å². The molecule has 3 nitrogen and oxygen atoms in total. The summed E-state index contributed by atoms with van der Waals surface area (Å²) in [6.45, 7) is 3.22. The zero-order chi connectivity index (χ0) is 6.69. The van der Waals surface area contributed by atoms with Gasteiger partial charge in [0.25, 0.3) is 0 Å². The van der Waals surface area contributed by atoms with Gasteiger partial charge < -0.3 is 5.32 Å². The molecule has 0 aliphatic carbocycles. The molecule has 1 fully saturated rings. The molecular formula is C6H15N3. The first kappa shape index (κ1) is 6.99. The summed E-state index contributed by atoms with van der Waals surface area (Å²) in [7, 11) is 1.99. The SMILES string of the molecule is CNCC1CCN(N)C1. The Bertz CT molecular complexity index is 82.4. The Morgan fingerprint density at radius 2 is 2.56 bits per heavy atom. The van der Waals surface area contributed by atoms with E-state index in [4.69, 9.17) is 5.84 Å². The lowest BCUT2D eigenvalue weighted by Gasteiger charge is -2.08. The van der Waals surface area contributed by atoms with Crippen molar-refractivity contribution < 1.29 is 0 Å². The third-order valence-corrected chi connectivity index (χ3v) is 1.81. The molecule has 0 aromatic rings. The molecule has 1 aliphatic rings. The van der Waals surface area contributed by atoms with Crippen LogP contribution in [0, 0.1) is 5.92 Å². The number of nitrogens with one attached hydrogen (secondary N) is 1. The number of hydrazine groups is 1. The van der Waals surface area contributed by atoms with Crippen molar-refractivity contribution in [1.29, 1.82) is 0 Å². The van der Waals surface area contributed by atoms with Crippen LogP contribution in [-0.2, 0) is 0 Å². The summed E-state index contributed by atoms with van der Waals surface area (Å²) in [6.07, 6.45) is 1.25. The first-order chi connectivity index (χ1) is 4.33. The molecule has 3 heteroatoms. The van der Waals surface area contributed by atoms with Gasteiger partial charge in [-0.15, -0.1) is 0 Å². The molecule has 0 amide bonds. The van der Waals surface area contributed by atoms with Crippen molar-refractivity contribution in [2.24, 2.45) is 11.8 Å². The van der Waals surface area contributed by atoms with Crippen LogP contribution in [0.1, 0.15) is 6.42 Å². The van der Waals surface area contributed by atoms with Gasteiger partial charge in [0.1, 0.15) is 0 Å². The second-order valence-corrected chi connectivity index (χ2v) is 2.71. The third-order valence-electron chi connectivity index (χ3n) is 1.81. The predicted octanol–water partition coefficient (Wildman–Crippen LogP) is -0.599. The molecule has 1 atom stereocenters. The Balaban J connectivity index is 2.14. The fraction of sp³-hybridized carbons (Fsp3) is 1.00. The van der Waals surface area contributed by atoms with Crippen LogP contribution in [0.5, 0.6) is 0 Å². The van der Waals surface area contributed by atoms with Gasteiger partial charge in [-0.3, -0.25) is 5.84 Å². The normalized spacial score (nSPS) is 29.3. The van der Waals surface area contributed by atoms with Crippen LogP contribution in [0.2, 0.25) is 0 Å². The highest BCUT2D eigenvalue weighted by molar-refractivity contribution is 4.72. The molecular weight excluding hydrogens is 114 g/mol. The minimum Gasteiger partial charge on any atom is -0.319 e. The van der Waals surface area contributed by atoms with Gasteiger partial charge in [-0.1, -0.05) is 0 Å². The van der Waals surface area contributed by atoms with E-state index in [0.717, 1.165) is 25.6 Å². The fourth-order valence-corrected chi connectivity index (χ4v) is 1.32. The molecule has 0 spiro atoms. The lowest BCUT2D eigenvalue weighted by Crippen LogP contribution is -2.29. The first-order valence-electron chi connectivity index (χ1n) is 3.47. The van der Waals surface area contributed by atoms with Crippen LogP contribution in [0.4, 0.5) is 0 Å². The Morgan fingerprint density at radius 1 is 1.78 bits per heavy atom. The topological polar surface area (TPSA) is 41.3 Å². The van der Waals surface area contributed by atoms with Crippen molar-refractivity contribution in [1.82, 2.24) is 10.3 Å². The van der Waals surface area contributed by atoms with Gasteiger partial charge in [-0.05, 0) is 25.9 Å². The van der Waals surface area contributed by atoms with E-state index in [-0.39, 0.29) is 0 Å². The molecule has 0 aromatic heterocycles. The van der Waals surface area contributed by atoms with Crippen molar-refractivity contribution in [3.05, 3.63) is 0 Å². The summed E-state index contributed by atoms with van der Waals surface area (Å²) in [4.78, 5) is 0. The minimum atomic E-state index is 0.778. The standard InChI is InChI=1S/C6H15N3/c1-8-4-6-2-3-9(7)5-6/h6,8H,2-5,7H2,1H3. The summed E-state index contributed by atoms with van der Waals surface area (Å²) in [6, 6.07) is 0. The molecule has 0 radical (unpaired) electrons. The van der Waals surface area contributed by atoms with Crippen LogP contribution in [0.15, 0.2) is 0 Å². The van der Waals surface area contributed by atoms with E-state index in [1.807, 2.05) is 12.1 Å². The molecule has 3 N–H and O–H groups in total. The van der Waals surface area contributed by atoms with E-state index in [0.29, 0.717) is 0 Å². The van der Waals surface area contributed by atoms with Gasteiger partial charge in [-0.2, -0.15) is 0 Å². The molecule has 1 aliphatic heterocycles. The molecule has 1 unspecified atom stereocenters. The molecule has 1 saturated heterocycles. The summed E-state index contributed by atoms with van der Waals surface area (Å²) in [5, 5.41) is 5.04. The molecule has 0 bridgehead atoms. The van der Waals surface area contributed by atoms with Crippen molar-refractivity contribution in [3.8, 4) is 0 Å². The molecule has 54 valence electrons. The monoisotopic (exact) mass is 129 g/mol. The van der Waals surface area contributed by atoms with E-state index in [1.165, 1.54) is 6.42 Å². The Hall–Kier alpha value is -0.120. The zero-order valence-corrected chi connectivity index (χ0v) is 5.93. The minimum absolute atomic E-state index is 0.778. The van der Waals surface area contributed by atoms with Crippen LogP contribution in [0.25, 0.3) is 0 Å². The maximum Gasteiger partial charge on any atom is 0.0169 e. The second kappa shape index (κ2) is 3.15. The smallest absolute Gasteiger partial charge is 0.0169 e. The molecule has 9 heavy (non-hydrogen) atoms. The van der Waals surface area contributed by atoms with Crippen LogP contribution < -0.4 is 11.2 Å². The summed E-state index contributed by atoms with van der Waals surface area (Å²) in [5.41, 5.74) is 0. The van der Waals surface area contributed by atoms with Gasteiger partial charge in [0, 0.05) is 13.1 Å². The number of nitrogens with zero attached hydrogens (tertiary/aromatic N) is 1. The quantitative estimate of drug-likeness (QED) is 0.489. The van der Waals surface area contributed by atoms with E-state index in [9.17, 15) is 0 Å². The fourth-order valence-electron chi connectivity index (χ4n) is 1.32. The lowest BCUT2D eigenvalue weighted by atomic mass is 10.1. The summed E-state index contributed by atoms with van der Waals surface area (Å²) in [5.74, 6) is 6.34. The van der Waals surface area contributed by atoms with Crippen LogP contribution in [-0.4, -0.2) is 31.7 Å². The summed E-state index contributed by atoms with van der Waals surface area (Å²) < 4.78 is 0. The first-order valence-corrected chi connectivity index (χ1v) is 3.47. The number of nitrogens with two attached hydrogens (primary N) is 1. The average molecular weight is 129 g/mol. The van der Waals surface area contributed by atoms with E-state index < -0.39 is 0 Å². The lowest BCUT2D eigenvalue weighted by molar-refractivity contribution is 0.336. The molecule has 1 rings (SSSR count). The predicted molar refractivity (Wildman–Crippen MR) is 37.8 cm³/mol. The molecule has 0 saturated carbocycles. The Kier molecular flexibility index (Phi) is 2.45. The van der Waals surface area contributed by atoms with Gasteiger partial charge in [-0.25, -0.2) is 5.01 Å². The number of rotatable bonds is 2. The Morgan fingerprint density at radius 3 is 3.00 bits per heavy atom. The summed E-state index contributed by atoms with van der Waals surface area (Å²) >= 11 is 0. The zero-order valence-electron chi connectivity index (χ0n) is 5.93. The van der Waals surface area contributed by atoms with Gasteiger partial charge >= 0.3 is 0 Å². The van der Waals surface area contributed by atoms with Crippen molar-refractivity contribution in [3.63, 3.8) is 0 Å². The van der Waals surface area contributed by atoms with E-state index >= 15 is 0 Å². The average Bonchev–Trinajstić information content (AvgIpc) is 2.17. The van der Waals surface area contributed by atoms with Crippen LogP contribution in [0.3, 0.4) is 0 Å². The Labute approximate surface area is 56.2 Å². The van der Waals surface area contributed by atoms with E-state index in [2.05, 4.69) is 5.32 Å². The molecule has 1 heterocycles. The second-order valence-electron chi connectivity index (χ2n) is 2.71. The molecule has 0 aromatic carbocycles. The number of hydrogen-bond donors (Lipinski definition) is 2. The van der Waals surface area contributed by atoms with E-state index in [1.54, 1.807) is 0 Å². The highest BCUT2D eigenvalue weighted by Crippen LogP contribution is 2.10. The third kappa shape index (κ3) is 1.93. The van der Waals surface area contributed by atoms with Crippen molar-refractivity contribution >= 4 is 0 Å². The largest absolute Gasteiger partial charge is 0.319 e. The van der Waals surface area contributed by atoms with Gasteiger partial charge in [0.05, 0.1) is 0 Å².